The number of ether oxygens (including phenoxy) is 2. The first-order valence-electron chi connectivity index (χ1n) is 10.6. The smallest absolute Gasteiger partial charge is 0.482 e. The maximum absolute atomic E-state index is 11.0. The summed E-state index contributed by atoms with van der Waals surface area (Å²) >= 11 is 0. The van der Waals surface area contributed by atoms with E-state index in [2.05, 4.69) is 16.1 Å². The number of benzene rings is 1. The number of aliphatic hydroxyl groups is 1. The molecule has 0 aromatic heterocycles. The van der Waals surface area contributed by atoms with Gasteiger partial charge in [-0.2, -0.15) is 0 Å². The van der Waals surface area contributed by atoms with Crippen molar-refractivity contribution in [1.82, 2.24) is 5.32 Å². The Morgan fingerprint density at radius 3 is 2.65 bits per heavy atom. The quantitative estimate of drug-likeness (QED) is 0.341. The van der Waals surface area contributed by atoms with E-state index >= 15 is 0 Å². The van der Waals surface area contributed by atoms with Gasteiger partial charge in [0.2, 0.25) is 0 Å². The number of alkyl halides is 1. The van der Waals surface area contributed by atoms with Gasteiger partial charge < -0.3 is 24.8 Å². The molecule has 0 saturated heterocycles. The van der Waals surface area contributed by atoms with Gasteiger partial charge in [0.05, 0.1) is 0 Å². The van der Waals surface area contributed by atoms with E-state index < -0.39 is 25.0 Å². The topological polar surface area (TPSA) is 125 Å². The van der Waals surface area contributed by atoms with Crippen LogP contribution in [0, 0.1) is 17.8 Å². The molecule has 1 saturated carbocycles. The summed E-state index contributed by atoms with van der Waals surface area (Å²) in [5, 5.41) is 29.1. The van der Waals surface area contributed by atoms with Crippen molar-refractivity contribution in [3.8, 4) is 5.75 Å². The molecule has 0 aliphatic heterocycles. The average Bonchev–Trinajstić information content (AvgIpc) is 3.15. The van der Waals surface area contributed by atoms with E-state index in [0.29, 0.717) is 17.8 Å². The fourth-order valence-corrected chi connectivity index (χ4v) is 4.65. The fraction of sp³-hybridized carbons (Fsp3) is 0.636. The number of aliphatic hydroxyl groups excluding tert-OH is 1. The SMILES string of the molecule is CNC(O)CCC1CCC2Cc3c(cccc3OCC(=O)O)CC12.O=C(O)OCCF. The van der Waals surface area contributed by atoms with Gasteiger partial charge in [-0.05, 0) is 80.5 Å². The Balaban J connectivity index is 0.000000423. The van der Waals surface area contributed by atoms with Gasteiger partial charge in [0, 0.05) is 0 Å². The minimum atomic E-state index is -1.43. The minimum absolute atomic E-state index is 0.283. The van der Waals surface area contributed by atoms with E-state index in [4.69, 9.17) is 14.9 Å². The zero-order chi connectivity index (χ0) is 22.8. The van der Waals surface area contributed by atoms with Crippen LogP contribution in [0.25, 0.3) is 0 Å². The lowest BCUT2D eigenvalue weighted by atomic mass is 9.74. The molecular weight excluding hydrogens is 409 g/mol. The lowest BCUT2D eigenvalue weighted by Crippen LogP contribution is -2.28. The van der Waals surface area contributed by atoms with Gasteiger partial charge in [-0.3, -0.25) is 5.32 Å². The predicted molar refractivity (Wildman–Crippen MR) is 111 cm³/mol. The van der Waals surface area contributed by atoms with Gasteiger partial charge in [0.15, 0.2) is 6.61 Å². The van der Waals surface area contributed by atoms with E-state index in [-0.39, 0.29) is 13.2 Å². The van der Waals surface area contributed by atoms with Gasteiger partial charge >= 0.3 is 12.1 Å². The Morgan fingerprint density at radius 2 is 2.03 bits per heavy atom. The summed E-state index contributed by atoms with van der Waals surface area (Å²) in [6.07, 6.45) is 4.51. The molecule has 0 amide bonds. The van der Waals surface area contributed by atoms with Gasteiger partial charge in [-0.25, -0.2) is 14.0 Å². The monoisotopic (exact) mass is 441 g/mol. The van der Waals surface area contributed by atoms with E-state index in [1.54, 1.807) is 7.05 Å². The van der Waals surface area contributed by atoms with Crippen LogP contribution >= 0.6 is 0 Å². The highest BCUT2D eigenvalue weighted by molar-refractivity contribution is 5.68. The third kappa shape index (κ3) is 7.66. The van der Waals surface area contributed by atoms with Gasteiger partial charge in [0.25, 0.3) is 0 Å². The molecule has 2 aliphatic carbocycles. The number of rotatable bonds is 9. The molecule has 1 fully saturated rings. The average molecular weight is 441 g/mol. The van der Waals surface area contributed by atoms with E-state index in [1.807, 2.05) is 12.1 Å². The Hall–Kier alpha value is -2.39. The second-order valence-electron chi connectivity index (χ2n) is 7.93. The lowest BCUT2D eigenvalue weighted by molar-refractivity contribution is -0.139. The fourth-order valence-electron chi connectivity index (χ4n) is 4.65. The van der Waals surface area contributed by atoms with E-state index in [9.17, 15) is 19.1 Å². The minimum Gasteiger partial charge on any atom is -0.482 e. The largest absolute Gasteiger partial charge is 0.505 e. The standard InChI is InChI=1S/C19H27NO4.C3H5FO3/c1-20-18(21)8-7-12-5-6-14-10-16-13(9-15(12)14)3-2-4-17(16)24-11-19(22)23;4-1-2-7-3(5)6/h2-4,12,14-15,18,20-21H,5-11H2,1H3,(H,22,23);1-2H2,(H,5,6). The molecule has 31 heavy (non-hydrogen) atoms. The summed E-state index contributed by atoms with van der Waals surface area (Å²) in [6, 6.07) is 6.00. The Labute approximate surface area is 181 Å². The molecule has 4 unspecified atom stereocenters. The van der Waals surface area contributed by atoms with Crippen molar-refractivity contribution in [3.63, 3.8) is 0 Å². The number of carboxylic acids is 1. The molecule has 174 valence electrons. The zero-order valence-corrected chi connectivity index (χ0v) is 17.8. The van der Waals surface area contributed by atoms with Crippen LogP contribution in [0.2, 0.25) is 0 Å². The Morgan fingerprint density at radius 1 is 1.26 bits per heavy atom. The van der Waals surface area contributed by atoms with Crippen molar-refractivity contribution in [1.29, 1.82) is 0 Å². The van der Waals surface area contributed by atoms with Crippen molar-refractivity contribution < 1.29 is 38.8 Å². The molecule has 1 aromatic rings. The van der Waals surface area contributed by atoms with Crippen molar-refractivity contribution in [3.05, 3.63) is 29.3 Å². The van der Waals surface area contributed by atoms with E-state index in [0.717, 1.165) is 31.4 Å². The van der Waals surface area contributed by atoms with Crippen molar-refractivity contribution in [2.45, 2.75) is 44.8 Å². The molecule has 8 nitrogen and oxygen atoms in total. The van der Waals surface area contributed by atoms with Crippen LogP contribution in [0.4, 0.5) is 9.18 Å². The van der Waals surface area contributed by atoms with Crippen molar-refractivity contribution in [2.75, 3.05) is 26.9 Å². The number of nitrogens with one attached hydrogen (secondary N) is 1. The summed E-state index contributed by atoms with van der Waals surface area (Å²) in [4.78, 5) is 20.1. The number of carbonyl (C=O) groups is 2. The maximum Gasteiger partial charge on any atom is 0.505 e. The summed E-state index contributed by atoms with van der Waals surface area (Å²) in [5.41, 5.74) is 2.51. The molecule has 4 N–H and O–H groups in total. The van der Waals surface area contributed by atoms with Crippen LogP contribution in [0.15, 0.2) is 18.2 Å². The molecule has 3 rings (SSSR count). The maximum atomic E-state index is 11.0. The predicted octanol–water partition coefficient (Wildman–Crippen LogP) is 2.86. The summed E-state index contributed by atoms with van der Waals surface area (Å²) in [6.45, 7) is -1.41. The third-order valence-corrected chi connectivity index (χ3v) is 6.07. The second-order valence-corrected chi connectivity index (χ2v) is 7.93. The first kappa shape index (κ1) is 24.9. The van der Waals surface area contributed by atoms with Crippen LogP contribution in [-0.4, -0.2) is 60.6 Å². The number of fused-ring (bicyclic) bond motifs is 2. The number of carboxylic acid groups (broad SMARTS) is 2. The van der Waals surface area contributed by atoms with Crippen LogP contribution in [-0.2, 0) is 22.4 Å². The summed E-state index contributed by atoms with van der Waals surface area (Å²) in [5.74, 6) is 1.81. The first-order valence-corrected chi connectivity index (χ1v) is 10.6. The van der Waals surface area contributed by atoms with Crippen molar-refractivity contribution >= 4 is 12.1 Å². The number of aliphatic carboxylic acids is 1. The van der Waals surface area contributed by atoms with Crippen molar-refractivity contribution in [2.24, 2.45) is 17.8 Å². The first-order chi connectivity index (χ1) is 14.8. The third-order valence-electron chi connectivity index (χ3n) is 6.07. The molecular formula is C22H32FNO7. The number of hydrogen-bond acceptors (Lipinski definition) is 6. The van der Waals surface area contributed by atoms with Crippen LogP contribution < -0.4 is 10.1 Å². The zero-order valence-electron chi connectivity index (χ0n) is 17.8. The number of halogens is 1. The van der Waals surface area contributed by atoms with Crippen LogP contribution in [0.5, 0.6) is 5.75 Å². The molecule has 2 aliphatic rings. The van der Waals surface area contributed by atoms with Gasteiger partial charge in [-0.1, -0.05) is 12.1 Å². The Bertz CT molecular complexity index is 730. The highest BCUT2D eigenvalue weighted by Crippen LogP contribution is 2.48. The normalized spacial score (nSPS) is 22.4. The highest BCUT2D eigenvalue weighted by Gasteiger charge is 2.39. The molecule has 0 bridgehead atoms. The van der Waals surface area contributed by atoms with Gasteiger partial charge in [-0.15, -0.1) is 0 Å². The van der Waals surface area contributed by atoms with E-state index in [1.165, 1.54) is 24.0 Å². The van der Waals surface area contributed by atoms with Crippen LogP contribution in [0.1, 0.15) is 36.8 Å². The molecule has 4 atom stereocenters. The molecule has 9 heteroatoms. The summed E-state index contributed by atoms with van der Waals surface area (Å²) in [7, 11) is 1.79. The summed E-state index contributed by atoms with van der Waals surface area (Å²) < 4.78 is 20.2. The van der Waals surface area contributed by atoms with Gasteiger partial charge in [0.1, 0.15) is 25.3 Å². The van der Waals surface area contributed by atoms with Crippen LogP contribution in [0.3, 0.4) is 0 Å². The highest BCUT2D eigenvalue weighted by atomic mass is 19.1. The Kier molecular flexibility index (Phi) is 10.00. The molecule has 0 spiro atoms. The number of hydrogen-bond donors (Lipinski definition) is 4. The molecule has 1 aromatic carbocycles. The second kappa shape index (κ2) is 12.5. The molecule has 0 heterocycles. The lowest BCUT2D eigenvalue weighted by Gasteiger charge is -2.32. The molecule has 0 radical (unpaired) electrons.